The van der Waals surface area contributed by atoms with Crippen LogP contribution in [0, 0.1) is 0 Å². The lowest BCUT2D eigenvalue weighted by Crippen LogP contribution is -2.07. The van der Waals surface area contributed by atoms with E-state index in [-0.39, 0.29) is 11.7 Å². The van der Waals surface area contributed by atoms with Crippen molar-refractivity contribution in [2.75, 3.05) is 11.9 Å². The first kappa shape index (κ1) is 12.5. The lowest BCUT2D eigenvalue weighted by Gasteiger charge is -2.10. The van der Waals surface area contributed by atoms with Crippen molar-refractivity contribution in [3.8, 4) is 5.75 Å². The van der Waals surface area contributed by atoms with Crippen LogP contribution in [0.1, 0.15) is 12.5 Å². The molecule has 0 radical (unpaired) electrons. The zero-order valence-electron chi connectivity index (χ0n) is 8.83. The molecule has 4 nitrogen and oxygen atoms in total. The minimum atomic E-state index is -0.278. The molecule has 1 aromatic carbocycles. The summed E-state index contributed by atoms with van der Waals surface area (Å²) in [6.45, 7) is 1.71. The van der Waals surface area contributed by atoms with Gasteiger partial charge in [-0.25, -0.2) is 0 Å². The van der Waals surface area contributed by atoms with Gasteiger partial charge in [0.1, 0.15) is 5.75 Å². The Morgan fingerprint density at radius 3 is 2.88 bits per heavy atom. The van der Waals surface area contributed by atoms with Crippen LogP contribution in [0.15, 0.2) is 18.2 Å². The van der Waals surface area contributed by atoms with Crippen LogP contribution in [-0.4, -0.2) is 17.6 Å². The van der Waals surface area contributed by atoms with Crippen molar-refractivity contribution in [3.63, 3.8) is 0 Å². The number of nitrogens with two attached hydrogens (primary N) is 1. The molecule has 0 aromatic heterocycles. The van der Waals surface area contributed by atoms with Gasteiger partial charge in [0.05, 0.1) is 10.7 Å². The number of aromatic hydroxyl groups is 1. The maximum absolute atomic E-state index is 11.0. The lowest BCUT2D eigenvalue weighted by atomic mass is 10.1. The SMILES string of the molecule is CC(=O)Nc1c(O)ccc(Cl)c1/C=C/CN. The van der Waals surface area contributed by atoms with Crippen LogP contribution < -0.4 is 11.1 Å². The van der Waals surface area contributed by atoms with Crippen molar-refractivity contribution < 1.29 is 9.90 Å². The molecule has 1 amide bonds. The number of hydrogen-bond acceptors (Lipinski definition) is 3. The summed E-state index contributed by atoms with van der Waals surface area (Å²) in [6.07, 6.45) is 3.35. The predicted molar refractivity (Wildman–Crippen MR) is 65.5 cm³/mol. The van der Waals surface area contributed by atoms with E-state index in [1.165, 1.54) is 13.0 Å². The number of rotatable bonds is 3. The summed E-state index contributed by atoms with van der Waals surface area (Å²) >= 11 is 5.97. The fourth-order valence-electron chi connectivity index (χ4n) is 1.24. The third-order valence-electron chi connectivity index (χ3n) is 1.89. The van der Waals surface area contributed by atoms with Gasteiger partial charge in [-0.1, -0.05) is 23.8 Å². The number of anilines is 1. The molecule has 0 fully saturated rings. The number of amides is 1. The highest BCUT2D eigenvalue weighted by molar-refractivity contribution is 6.32. The lowest BCUT2D eigenvalue weighted by molar-refractivity contribution is -0.114. The molecule has 5 heteroatoms. The molecular weight excluding hydrogens is 228 g/mol. The van der Waals surface area contributed by atoms with Gasteiger partial charge < -0.3 is 16.2 Å². The first-order chi connectivity index (χ1) is 7.56. The minimum absolute atomic E-state index is 0.0312. The van der Waals surface area contributed by atoms with E-state index in [4.69, 9.17) is 17.3 Å². The Kier molecular flexibility index (Phi) is 4.34. The second-order valence-electron chi connectivity index (χ2n) is 3.17. The van der Waals surface area contributed by atoms with E-state index < -0.39 is 0 Å². The molecule has 0 unspecified atom stereocenters. The fourth-order valence-corrected chi connectivity index (χ4v) is 1.46. The van der Waals surface area contributed by atoms with Gasteiger partial charge in [-0.15, -0.1) is 0 Å². The molecule has 86 valence electrons. The first-order valence-corrected chi connectivity index (χ1v) is 5.09. The van der Waals surface area contributed by atoms with E-state index in [0.29, 0.717) is 22.8 Å². The number of phenolic OH excluding ortho intramolecular Hbond substituents is 1. The third-order valence-corrected chi connectivity index (χ3v) is 2.22. The molecule has 0 atom stereocenters. The van der Waals surface area contributed by atoms with E-state index in [1.807, 2.05) is 0 Å². The topological polar surface area (TPSA) is 75.3 Å². The Bertz CT molecular complexity index is 430. The Balaban J connectivity index is 3.24. The summed E-state index contributed by atoms with van der Waals surface area (Å²) in [5, 5.41) is 12.6. The summed E-state index contributed by atoms with van der Waals surface area (Å²) < 4.78 is 0. The van der Waals surface area contributed by atoms with Crippen molar-refractivity contribution in [1.82, 2.24) is 0 Å². The van der Waals surface area contributed by atoms with Crippen LogP contribution in [0.2, 0.25) is 5.02 Å². The maximum atomic E-state index is 11.0. The Hall–Kier alpha value is -1.52. The van der Waals surface area contributed by atoms with E-state index in [0.717, 1.165) is 0 Å². The zero-order chi connectivity index (χ0) is 12.1. The van der Waals surface area contributed by atoms with Gasteiger partial charge in [0.15, 0.2) is 0 Å². The molecule has 0 bridgehead atoms. The first-order valence-electron chi connectivity index (χ1n) is 4.72. The van der Waals surface area contributed by atoms with Crippen LogP contribution >= 0.6 is 11.6 Å². The highest BCUT2D eigenvalue weighted by Crippen LogP contribution is 2.33. The predicted octanol–water partition coefficient (Wildman–Crippen LogP) is 1.98. The molecule has 0 spiro atoms. The maximum Gasteiger partial charge on any atom is 0.221 e. The van der Waals surface area contributed by atoms with E-state index in [2.05, 4.69) is 5.32 Å². The second kappa shape index (κ2) is 5.53. The van der Waals surface area contributed by atoms with Crippen molar-refractivity contribution >= 4 is 29.3 Å². The minimum Gasteiger partial charge on any atom is -0.506 e. The summed E-state index contributed by atoms with van der Waals surface area (Å²) in [5.74, 6) is -0.309. The molecule has 0 aliphatic rings. The largest absolute Gasteiger partial charge is 0.506 e. The number of halogens is 1. The molecule has 1 rings (SSSR count). The van der Waals surface area contributed by atoms with Gasteiger partial charge in [0.2, 0.25) is 5.91 Å². The Morgan fingerprint density at radius 2 is 2.31 bits per heavy atom. The van der Waals surface area contributed by atoms with Crippen LogP contribution in [-0.2, 0) is 4.79 Å². The van der Waals surface area contributed by atoms with Gasteiger partial charge in [0, 0.05) is 19.0 Å². The highest BCUT2D eigenvalue weighted by Gasteiger charge is 2.10. The number of carbonyl (C=O) groups is 1. The van der Waals surface area contributed by atoms with E-state index >= 15 is 0 Å². The molecule has 0 aliphatic carbocycles. The third kappa shape index (κ3) is 2.98. The second-order valence-corrected chi connectivity index (χ2v) is 3.58. The number of phenols is 1. The van der Waals surface area contributed by atoms with E-state index in [1.54, 1.807) is 18.2 Å². The fraction of sp³-hybridized carbons (Fsp3) is 0.182. The number of nitrogens with one attached hydrogen (secondary N) is 1. The normalized spacial score (nSPS) is 10.7. The van der Waals surface area contributed by atoms with Crippen LogP contribution in [0.5, 0.6) is 5.75 Å². The average Bonchev–Trinajstić information content (AvgIpc) is 2.22. The van der Waals surface area contributed by atoms with Crippen LogP contribution in [0.3, 0.4) is 0 Å². The molecule has 0 saturated heterocycles. The number of hydrogen-bond donors (Lipinski definition) is 3. The molecule has 16 heavy (non-hydrogen) atoms. The number of carbonyl (C=O) groups excluding carboxylic acids is 1. The quantitative estimate of drug-likeness (QED) is 0.707. The van der Waals surface area contributed by atoms with Gasteiger partial charge in [-0.3, -0.25) is 4.79 Å². The Morgan fingerprint density at radius 1 is 1.62 bits per heavy atom. The van der Waals surface area contributed by atoms with Gasteiger partial charge in [-0.2, -0.15) is 0 Å². The van der Waals surface area contributed by atoms with Gasteiger partial charge in [-0.05, 0) is 12.1 Å². The molecule has 0 heterocycles. The standard InChI is InChI=1S/C11H13ClN2O2/c1-7(15)14-11-8(3-2-6-13)9(12)4-5-10(11)16/h2-5,16H,6,13H2,1H3,(H,14,15)/b3-2+. The van der Waals surface area contributed by atoms with E-state index in [9.17, 15) is 9.90 Å². The molecule has 0 aliphatic heterocycles. The highest BCUT2D eigenvalue weighted by atomic mass is 35.5. The summed E-state index contributed by atoms with van der Waals surface area (Å²) in [6, 6.07) is 2.98. The van der Waals surface area contributed by atoms with Crippen LogP contribution in [0.25, 0.3) is 6.08 Å². The smallest absolute Gasteiger partial charge is 0.221 e. The van der Waals surface area contributed by atoms with Crippen molar-refractivity contribution in [3.05, 3.63) is 28.8 Å². The van der Waals surface area contributed by atoms with Crippen LogP contribution in [0.4, 0.5) is 5.69 Å². The van der Waals surface area contributed by atoms with Gasteiger partial charge in [0.25, 0.3) is 0 Å². The van der Waals surface area contributed by atoms with Crippen molar-refractivity contribution in [2.45, 2.75) is 6.92 Å². The van der Waals surface area contributed by atoms with Crippen molar-refractivity contribution in [1.29, 1.82) is 0 Å². The molecular formula is C11H13ClN2O2. The molecule has 1 aromatic rings. The monoisotopic (exact) mass is 240 g/mol. The molecule has 4 N–H and O–H groups in total. The summed E-state index contributed by atoms with van der Waals surface area (Å²) in [5.41, 5.74) is 6.18. The summed E-state index contributed by atoms with van der Waals surface area (Å²) in [7, 11) is 0. The molecule has 0 saturated carbocycles. The summed E-state index contributed by atoms with van der Waals surface area (Å²) in [4.78, 5) is 11.0. The van der Waals surface area contributed by atoms with Crippen molar-refractivity contribution in [2.24, 2.45) is 5.73 Å². The zero-order valence-corrected chi connectivity index (χ0v) is 9.58. The van der Waals surface area contributed by atoms with Gasteiger partial charge >= 0.3 is 0 Å². The Labute approximate surface area is 98.7 Å². The average molecular weight is 241 g/mol. The number of benzene rings is 1.